The molecule has 0 bridgehead atoms. The van der Waals surface area contributed by atoms with Crippen molar-refractivity contribution in [2.24, 2.45) is 5.92 Å². The van der Waals surface area contributed by atoms with Crippen LogP contribution in [0.3, 0.4) is 0 Å². The van der Waals surface area contributed by atoms with Crippen molar-refractivity contribution in [1.82, 2.24) is 5.32 Å². The smallest absolute Gasteiger partial charge is 0.252 e. The SMILES string of the molecule is Cc1ccccc1C(=O)NC(C(=O)Nc1cccc(S(C)(=O)=O)c1)C(C)C. The molecular weight excluding hydrogens is 364 g/mol. The Kier molecular flexibility index (Phi) is 6.38. The van der Waals surface area contributed by atoms with Crippen LogP contribution in [0.4, 0.5) is 5.69 Å². The zero-order chi connectivity index (χ0) is 20.2. The average Bonchev–Trinajstić information content (AvgIpc) is 2.59. The lowest BCUT2D eigenvalue weighted by atomic mass is 10.0. The van der Waals surface area contributed by atoms with Crippen molar-refractivity contribution >= 4 is 27.3 Å². The third-order valence-corrected chi connectivity index (χ3v) is 5.27. The molecule has 0 radical (unpaired) electrons. The van der Waals surface area contributed by atoms with E-state index in [0.717, 1.165) is 11.8 Å². The molecule has 144 valence electrons. The van der Waals surface area contributed by atoms with Crippen LogP contribution in [0.2, 0.25) is 0 Å². The molecule has 0 saturated heterocycles. The van der Waals surface area contributed by atoms with E-state index >= 15 is 0 Å². The Balaban J connectivity index is 2.18. The van der Waals surface area contributed by atoms with E-state index in [1.165, 1.54) is 12.1 Å². The number of rotatable bonds is 6. The molecule has 6 nitrogen and oxygen atoms in total. The molecule has 0 aromatic heterocycles. The highest BCUT2D eigenvalue weighted by Crippen LogP contribution is 2.17. The number of carbonyl (C=O) groups is 2. The molecule has 2 amide bonds. The number of amides is 2. The number of hydrogen-bond acceptors (Lipinski definition) is 4. The van der Waals surface area contributed by atoms with Crippen molar-refractivity contribution in [2.45, 2.75) is 31.7 Å². The predicted molar refractivity (Wildman–Crippen MR) is 105 cm³/mol. The highest BCUT2D eigenvalue weighted by molar-refractivity contribution is 7.90. The number of aryl methyl sites for hydroxylation is 1. The second kappa shape index (κ2) is 8.35. The second-order valence-corrected chi connectivity index (χ2v) is 8.82. The number of nitrogens with one attached hydrogen (secondary N) is 2. The average molecular weight is 388 g/mol. The van der Waals surface area contributed by atoms with Crippen LogP contribution in [0.25, 0.3) is 0 Å². The molecule has 0 saturated carbocycles. The summed E-state index contributed by atoms with van der Waals surface area (Å²) in [7, 11) is -3.38. The Morgan fingerprint density at radius 1 is 1.00 bits per heavy atom. The predicted octanol–water partition coefficient (Wildman–Crippen LogP) is 2.79. The van der Waals surface area contributed by atoms with Crippen LogP contribution in [-0.4, -0.2) is 32.5 Å². The van der Waals surface area contributed by atoms with E-state index in [4.69, 9.17) is 0 Å². The van der Waals surface area contributed by atoms with Gasteiger partial charge in [-0.15, -0.1) is 0 Å². The second-order valence-electron chi connectivity index (χ2n) is 6.80. The number of sulfone groups is 1. The van der Waals surface area contributed by atoms with Gasteiger partial charge in [0.2, 0.25) is 5.91 Å². The number of benzene rings is 2. The van der Waals surface area contributed by atoms with Gasteiger partial charge in [0.1, 0.15) is 6.04 Å². The summed E-state index contributed by atoms with van der Waals surface area (Å²) >= 11 is 0. The first kappa shape index (κ1) is 20.6. The third-order valence-electron chi connectivity index (χ3n) is 4.16. The first-order chi connectivity index (χ1) is 12.6. The molecule has 0 fully saturated rings. The fraction of sp³-hybridized carbons (Fsp3) is 0.300. The Hall–Kier alpha value is -2.67. The first-order valence-electron chi connectivity index (χ1n) is 8.57. The van der Waals surface area contributed by atoms with Gasteiger partial charge in [-0.1, -0.05) is 38.1 Å². The summed E-state index contributed by atoms with van der Waals surface area (Å²) in [5, 5.41) is 5.46. The summed E-state index contributed by atoms with van der Waals surface area (Å²) in [5.41, 5.74) is 1.69. The lowest BCUT2D eigenvalue weighted by Crippen LogP contribution is -2.47. The maximum Gasteiger partial charge on any atom is 0.252 e. The molecule has 7 heteroatoms. The first-order valence-corrected chi connectivity index (χ1v) is 10.5. The highest BCUT2D eigenvalue weighted by atomic mass is 32.2. The molecule has 27 heavy (non-hydrogen) atoms. The van der Waals surface area contributed by atoms with Crippen LogP contribution in [0.15, 0.2) is 53.4 Å². The van der Waals surface area contributed by atoms with Crippen LogP contribution in [-0.2, 0) is 14.6 Å². The molecule has 0 aliphatic rings. The van der Waals surface area contributed by atoms with Crippen molar-refractivity contribution in [3.05, 3.63) is 59.7 Å². The van der Waals surface area contributed by atoms with Crippen LogP contribution < -0.4 is 10.6 Å². The third kappa shape index (κ3) is 5.40. The van der Waals surface area contributed by atoms with Crippen LogP contribution >= 0.6 is 0 Å². The molecule has 2 aromatic rings. The standard InChI is InChI=1S/C20H24N2O4S/c1-13(2)18(22-19(23)17-11-6-5-8-14(17)3)20(24)21-15-9-7-10-16(12-15)27(4,25)26/h5-13,18H,1-4H3,(H,21,24)(H,22,23). The van der Waals surface area contributed by atoms with Crippen LogP contribution in [0, 0.1) is 12.8 Å². The minimum absolute atomic E-state index is 0.116. The highest BCUT2D eigenvalue weighted by Gasteiger charge is 2.25. The van der Waals surface area contributed by atoms with E-state index in [-0.39, 0.29) is 16.7 Å². The van der Waals surface area contributed by atoms with E-state index in [9.17, 15) is 18.0 Å². The Labute approximate surface area is 159 Å². The normalized spacial score (nSPS) is 12.5. The molecule has 2 N–H and O–H groups in total. The zero-order valence-corrected chi connectivity index (χ0v) is 16.6. The lowest BCUT2D eigenvalue weighted by Gasteiger charge is -2.22. The molecule has 1 unspecified atom stereocenters. The maximum atomic E-state index is 12.7. The van der Waals surface area contributed by atoms with Crippen molar-refractivity contribution in [3.8, 4) is 0 Å². The molecule has 0 heterocycles. The summed E-state index contributed by atoms with van der Waals surface area (Å²) in [6.45, 7) is 5.49. The summed E-state index contributed by atoms with van der Waals surface area (Å²) in [6.07, 6.45) is 1.10. The Bertz CT molecular complexity index is 952. The van der Waals surface area contributed by atoms with Gasteiger partial charge in [0.15, 0.2) is 9.84 Å². The Morgan fingerprint density at radius 2 is 1.67 bits per heavy atom. The number of carbonyl (C=O) groups excluding carboxylic acids is 2. The van der Waals surface area contributed by atoms with Gasteiger partial charge in [0, 0.05) is 17.5 Å². The largest absolute Gasteiger partial charge is 0.340 e. The van der Waals surface area contributed by atoms with Gasteiger partial charge in [-0.3, -0.25) is 9.59 Å². The minimum atomic E-state index is -3.38. The van der Waals surface area contributed by atoms with E-state index in [1.807, 2.05) is 32.9 Å². The van der Waals surface area contributed by atoms with Gasteiger partial charge in [-0.2, -0.15) is 0 Å². The van der Waals surface area contributed by atoms with Gasteiger partial charge in [0.25, 0.3) is 5.91 Å². The molecule has 2 rings (SSSR count). The maximum absolute atomic E-state index is 12.7. The fourth-order valence-electron chi connectivity index (χ4n) is 2.61. The van der Waals surface area contributed by atoms with Crippen molar-refractivity contribution < 1.29 is 18.0 Å². The van der Waals surface area contributed by atoms with E-state index in [1.54, 1.807) is 24.3 Å². The fourth-order valence-corrected chi connectivity index (χ4v) is 3.27. The van der Waals surface area contributed by atoms with Crippen molar-refractivity contribution in [2.75, 3.05) is 11.6 Å². The minimum Gasteiger partial charge on any atom is -0.340 e. The summed E-state index contributed by atoms with van der Waals surface area (Å²) in [5.74, 6) is -0.888. The van der Waals surface area contributed by atoms with Crippen molar-refractivity contribution in [3.63, 3.8) is 0 Å². The van der Waals surface area contributed by atoms with Gasteiger partial charge >= 0.3 is 0 Å². The van der Waals surface area contributed by atoms with Crippen molar-refractivity contribution in [1.29, 1.82) is 0 Å². The van der Waals surface area contributed by atoms with Crippen LogP contribution in [0.5, 0.6) is 0 Å². The van der Waals surface area contributed by atoms with Crippen LogP contribution in [0.1, 0.15) is 29.8 Å². The molecule has 2 aromatic carbocycles. The zero-order valence-electron chi connectivity index (χ0n) is 15.8. The number of anilines is 1. The lowest BCUT2D eigenvalue weighted by molar-refractivity contribution is -0.118. The molecule has 0 spiro atoms. The molecule has 0 aliphatic heterocycles. The van der Waals surface area contributed by atoms with Gasteiger partial charge in [-0.05, 0) is 42.7 Å². The molecular formula is C20H24N2O4S. The number of hydrogen-bond donors (Lipinski definition) is 2. The van der Waals surface area contributed by atoms with Gasteiger partial charge in [0.05, 0.1) is 4.90 Å². The summed E-state index contributed by atoms with van der Waals surface area (Å²) in [6, 6.07) is 12.4. The van der Waals surface area contributed by atoms with E-state index in [0.29, 0.717) is 11.3 Å². The quantitative estimate of drug-likeness (QED) is 0.796. The topological polar surface area (TPSA) is 92.3 Å². The Morgan fingerprint density at radius 3 is 2.26 bits per heavy atom. The van der Waals surface area contributed by atoms with Gasteiger partial charge in [-0.25, -0.2) is 8.42 Å². The molecule has 0 aliphatic carbocycles. The summed E-state index contributed by atoms with van der Waals surface area (Å²) in [4.78, 5) is 25.4. The van der Waals surface area contributed by atoms with E-state index in [2.05, 4.69) is 10.6 Å². The van der Waals surface area contributed by atoms with Gasteiger partial charge < -0.3 is 10.6 Å². The monoisotopic (exact) mass is 388 g/mol. The molecule has 1 atom stereocenters. The van der Waals surface area contributed by atoms with E-state index < -0.39 is 21.8 Å². The summed E-state index contributed by atoms with van der Waals surface area (Å²) < 4.78 is 23.4.